The summed E-state index contributed by atoms with van der Waals surface area (Å²) < 4.78 is 0. The highest BCUT2D eigenvalue weighted by Gasteiger charge is 2.19. The summed E-state index contributed by atoms with van der Waals surface area (Å²) in [4.78, 5) is 12.4. The Bertz CT molecular complexity index is 561. The molecule has 2 aromatic carbocycles. The maximum absolute atomic E-state index is 12.4. The Balaban J connectivity index is 2.34. The van der Waals surface area contributed by atoms with Gasteiger partial charge < -0.3 is 5.73 Å². The van der Waals surface area contributed by atoms with Gasteiger partial charge in [0.15, 0.2) is 5.78 Å². The summed E-state index contributed by atoms with van der Waals surface area (Å²) >= 11 is 0. The van der Waals surface area contributed by atoms with Crippen LogP contribution in [0.2, 0.25) is 0 Å². The molecule has 92 valence electrons. The van der Waals surface area contributed by atoms with Crippen LogP contribution >= 0.6 is 0 Å². The molecule has 18 heavy (non-hydrogen) atoms. The number of hydrogen-bond donors (Lipinski definition) is 1. The first-order chi connectivity index (χ1) is 8.59. The Morgan fingerprint density at radius 1 is 1.06 bits per heavy atom. The third kappa shape index (κ3) is 2.49. The molecule has 0 aliphatic heterocycles. The summed E-state index contributed by atoms with van der Waals surface area (Å²) in [5, 5.41) is 0. The minimum Gasteiger partial charge on any atom is -0.318 e. The summed E-state index contributed by atoms with van der Waals surface area (Å²) in [5.74, 6) is -0.0256. The summed E-state index contributed by atoms with van der Waals surface area (Å²) in [6.45, 7) is 3.91. The molecule has 0 amide bonds. The minimum atomic E-state index is -0.591. The van der Waals surface area contributed by atoms with Crippen molar-refractivity contribution in [3.8, 4) is 0 Å². The maximum atomic E-state index is 12.4. The Labute approximate surface area is 107 Å². The van der Waals surface area contributed by atoms with Crippen molar-refractivity contribution in [1.82, 2.24) is 0 Å². The van der Waals surface area contributed by atoms with Gasteiger partial charge in [0.05, 0.1) is 6.04 Å². The lowest BCUT2D eigenvalue weighted by molar-refractivity contribution is 0.0960. The summed E-state index contributed by atoms with van der Waals surface area (Å²) in [7, 11) is 0. The first-order valence-electron chi connectivity index (χ1n) is 6.01. The molecule has 2 N–H and O–H groups in total. The number of hydrogen-bond acceptors (Lipinski definition) is 2. The average Bonchev–Trinajstić information content (AvgIpc) is 2.41. The number of aryl methyl sites for hydroxylation is 2. The molecule has 2 aromatic rings. The number of nitrogens with two attached hydrogens (primary N) is 1. The van der Waals surface area contributed by atoms with Gasteiger partial charge >= 0.3 is 0 Å². The van der Waals surface area contributed by atoms with E-state index in [1.165, 1.54) is 0 Å². The topological polar surface area (TPSA) is 43.1 Å². The Morgan fingerprint density at radius 3 is 2.39 bits per heavy atom. The molecular weight excluding hydrogens is 222 g/mol. The second-order valence-corrected chi connectivity index (χ2v) is 4.57. The van der Waals surface area contributed by atoms with Crippen LogP contribution in [0.1, 0.15) is 33.1 Å². The van der Waals surface area contributed by atoms with Crippen LogP contribution < -0.4 is 5.73 Å². The number of benzene rings is 2. The van der Waals surface area contributed by atoms with E-state index in [4.69, 9.17) is 5.73 Å². The zero-order chi connectivity index (χ0) is 13.1. The highest BCUT2D eigenvalue weighted by Crippen LogP contribution is 2.19. The van der Waals surface area contributed by atoms with Crippen molar-refractivity contribution in [3.05, 3.63) is 70.8 Å². The zero-order valence-electron chi connectivity index (χ0n) is 10.7. The molecule has 0 unspecified atom stereocenters. The van der Waals surface area contributed by atoms with Crippen molar-refractivity contribution in [2.24, 2.45) is 5.73 Å². The van der Waals surface area contributed by atoms with Gasteiger partial charge in [0.1, 0.15) is 0 Å². The lowest BCUT2D eigenvalue weighted by Crippen LogP contribution is -2.22. The molecule has 0 heterocycles. The summed E-state index contributed by atoms with van der Waals surface area (Å²) in [6, 6.07) is 14.7. The SMILES string of the molecule is Cc1ccc(C)c(C(=O)[C@H](N)c2ccccc2)c1. The van der Waals surface area contributed by atoms with Gasteiger partial charge in [-0.3, -0.25) is 4.79 Å². The van der Waals surface area contributed by atoms with Gasteiger partial charge in [0.2, 0.25) is 0 Å². The molecule has 0 bridgehead atoms. The van der Waals surface area contributed by atoms with Crippen molar-refractivity contribution < 1.29 is 4.79 Å². The molecule has 0 fully saturated rings. The molecule has 0 spiro atoms. The summed E-state index contributed by atoms with van der Waals surface area (Å²) in [6.07, 6.45) is 0. The number of carbonyl (C=O) groups excluding carboxylic acids is 1. The van der Waals surface area contributed by atoms with Gasteiger partial charge in [0, 0.05) is 5.56 Å². The maximum Gasteiger partial charge on any atom is 0.184 e. The van der Waals surface area contributed by atoms with Gasteiger partial charge in [-0.15, -0.1) is 0 Å². The van der Waals surface area contributed by atoms with Crippen LogP contribution in [-0.2, 0) is 0 Å². The highest BCUT2D eigenvalue weighted by atomic mass is 16.1. The average molecular weight is 239 g/mol. The quantitative estimate of drug-likeness (QED) is 0.836. The molecule has 2 nitrogen and oxygen atoms in total. The van der Waals surface area contributed by atoms with E-state index in [-0.39, 0.29) is 5.78 Å². The lowest BCUT2D eigenvalue weighted by atomic mass is 9.94. The van der Waals surface area contributed by atoms with Gasteiger partial charge in [0.25, 0.3) is 0 Å². The van der Waals surface area contributed by atoms with Gasteiger partial charge in [-0.2, -0.15) is 0 Å². The Hall–Kier alpha value is -1.93. The van der Waals surface area contributed by atoms with Crippen LogP contribution in [0, 0.1) is 13.8 Å². The van der Waals surface area contributed by atoms with E-state index in [1.807, 2.05) is 62.4 Å². The van der Waals surface area contributed by atoms with E-state index in [0.29, 0.717) is 5.56 Å². The predicted molar refractivity (Wildman–Crippen MR) is 73.6 cm³/mol. The Kier molecular flexibility index (Phi) is 3.58. The van der Waals surface area contributed by atoms with Gasteiger partial charge in [-0.1, -0.05) is 48.0 Å². The van der Waals surface area contributed by atoms with Crippen molar-refractivity contribution >= 4 is 5.78 Å². The highest BCUT2D eigenvalue weighted by molar-refractivity contribution is 6.01. The Morgan fingerprint density at radius 2 is 1.72 bits per heavy atom. The normalized spacial score (nSPS) is 12.2. The van der Waals surface area contributed by atoms with Crippen molar-refractivity contribution in [2.45, 2.75) is 19.9 Å². The van der Waals surface area contributed by atoms with E-state index in [1.54, 1.807) is 0 Å². The van der Waals surface area contributed by atoms with Crippen molar-refractivity contribution in [3.63, 3.8) is 0 Å². The van der Waals surface area contributed by atoms with E-state index >= 15 is 0 Å². The zero-order valence-corrected chi connectivity index (χ0v) is 10.7. The molecular formula is C16H17NO. The van der Waals surface area contributed by atoms with Crippen LogP contribution in [0.25, 0.3) is 0 Å². The fourth-order valence-electron chi connectivity index (χ4n) is 1.98. The smallest absolute Gasteiger partial charge is 0.184 e. The van der Waals surface area contributed by atoms with Crippen molar-refractivity contribution in [1.29, 1.82) is 0 Å². The third-order valence-electron chi connectivity index (χ3n) is 3.10. The van der Waals surface area contributed by atoms with Crippen LogP contribution in [-0.4, -0.2) is 5.78 Å². The molecule has 0 saturated carbocycles. The first-order valence-corrected chi connectivity index (χ1v) is 6.01. The predicted octanol–water partition coefficient (Wildman–Crippen LogP) is 3.19. The van der Waals surface area contributed by atoms with Crippen molar-refractivity contribution in [2.75, 3.05) is 0 Å². The number of carbonyl (C=O) groups is 1. The monoisotopic (exact) mass is 239 g/mol. The second-order valence-electron chi connectivity index (χ2n) is 4.57. The first kappa shape index (κ1) is 12.5. The molecule has 0 saturated heterocycles. The van der Waals surface area contributed by atoms with Crippen LogP contribution in [0.4, 0.5) is 0 Å². The number of rotatable bonds is 3. The molecule has 0 aliphatic carbocycles. The molecule has 0 aliphatic rings. The summed E-state index contributed by atoms with van der Waals surface area (Å²) in [5.41, 5.74) is 9.65. The largest absolute Gasteiger partial charge is 0.318 e. The standard InChI is InChI=1S/C16H17NO/c1-11-8-9-12(2)14(10-11)16(18)15(17)13-6-4-3-5-7-13/h3-10,15H,17H2,1-2H3/t15-/m1/s1. The van der Waals surface area contributed by atoms with Crippen LogP contribution in [0.3, 0.4) is 0 Å². The molecule has 1 atom stereocenters. The molecule has 0 aromatic heterocycles. The minimum absolute atomic E-state index is 0.0256. The third-order valence-corrected chi connectivity index (χ3v) is 3.10. The molecule has 0 radical (unpaired) electrons. The molecule has 2 rings (SSSR count). The second kappa shape index (κ2) is 5.15. The van der Waals surface area contributed by atoms with E-state index in [9.17, 15) is 4.79 Å². The van der Waals surface area contributed by atoms with E-state index in [2.05, 4.69) is 0 Å². The van der Waals surface area contributed by atoms with Gasteiger partial charge in [-0.25, -0.2) is 0 Å². The molecule has 2 heteroatoms. The van der Waals surface area contributed by atoms with Gasteiger partial charge in [-0.05, 0) is 31.0 Å². The number of Topliss-reactive ketones (excluding diaryl/α,β-unsaturated/α-hetero) is 1. The fraction of sp³-hybridized carbons (Fsp3) is 0.188. The fourth-order valence-corrected chi connectivity index (χ4v) is 1.98. The lowest BCUT2D eigenvalue weighted by Gasteiger charge is -2.13. The van der Waals surface area contributed by atoms with Crippen LogP contribution in [0.15, 0.2) is 48.5 Å². The number of ketones is 1. The van der Waals surface area contributed by atoms with E-state index in [0.717, 1.165) is 16.7 Å². The van der Waals surface area contributed by atoms with E-state index < -0.39 is 6.04 Å². The van der Waals surface area contributed by atoms with Crippen LogP contribution in [0.5, 0.6) is 0 Å².